The van der Waals surface area contributed by atoms with Crippen LogP contribution < -0.4 is 10.1 Å². The van der Waals surface area contributed by atoms with Gasteiger partial charge in [0, 0.05) is 25.1 Å². The van der Waals surface area contributed by atoms with Crippen molar-refractivity contribution in [3.05, 3.63) is 101 Å². The Morgan fingerprint density at radius 2 is 1.69 bits per heavy atom. The highest BCUT2D eigenvalue weighted by molar-refractivity contribution is 6.02. The number of nitrogens with zero attached hydrogens (tertiary/aromatic N) is 1. The molecule has 0 saturated heterocycles. The number of amides is 2. The van der Waals surface area contributed by atoms with E-state index in [1.165, 1.54) is 12.1 Å². The summed E-state index contributed by atoms with van der Waals surface area (Å²) < 4.78 is 18.6. The lowest BCUT2D eigenvalue weighted by atomic mass is 9.82. The third-order valence-corrected chi connectivity index (χ3v) is 5.98. The summed E-state index contributed by atoms with van der Waals surface area (Å²) in [6.07, 6.45) is 0.393. The number of nitrogens with one attached hydrogen (secondary N) is 1. The fourth-order valence-electron chi connectivity index (χ4n) is 4.06. The van der Waals surface area contributed by atoms with E-state index in [1.807, 2.05) is 42.5 Å². The van der Waals surface area contributed by atoms with E-state index < -0.39 is 5.54 Å². The largest absolute Gasteiger partial charge is 0.497 e. The van der Waals surface area contributed by atoms with Gasteiger partial charge in [-0.15, -0.1) is 0 Å². The number of ether oxygens (including phenoxy) is 1. The van der Waals surface area contributed by atoms with E-state index in [4.69, 9.17) is 4.74 Å². The first-order valence-electron chi connectivity index (χ1n) is 10.5. The summed E-state index contributed by atoms with van der Waals surface area (Å²) in [5.41, 5.74) is 2.03. The molecule has 6 heteroatoms. The van der Waals surface area contributed by atoms with Crippen LogP contribution in [-0.2, 0) is 24.3 Å². The maximum absolute atomic E-state index is 13.4. The second kappa shape index (κ2) is 8.83. The van der Waals surface area contributed by atoms with Gasteiger partial charge < -0.3 is 15.0 Å². The second-order valence-corrected chi connectivity index (χ2v) is 8.16. The second-order valence-electron chi connectivity index (χ2n) is 8.16. The van der Waals surface area contributed by atoms with Crippen molar-refractivity contribution < 1.29 is 18.7 Å². The van der Waals surface area contributed by atoms with E-state index in [0.717, 1.165) is 22.4 Å². The average molecular weight is 432 g/mol. The molecule has 0 aromatic heterocycles. The lowest BCUT2D eigenvalue weighted by Gasteiger charge is -2.44. The van der Waals surface area contributed by atoms with Gasteiger partial charge in [0.05, 0.1) is 7.11 Å². The number of hydrogen-bond donors (Lipinski definition) is 1. The molecule has 5 nitrogen and oxygen atoms in total. The van der Waals surface area contributed by atoms with Crippen LogP contribution in [0.1, 0.15) is 34.0 Å². The predicted molar refractivity (Wildman–Crippen MR) is 120 cm³/mol. The van der Waals surface area contributed by atoms with Crippen molar-refractivity contribution in [3.63, 3.8) is 0 Å². The Morgan fingerprint density at radius 1 is 1.03 bits per heavy atom. The number of hydrogen-bond acceptors (Lipinski definition) is 3. The molecule has 1 unspecified atom stereocenters. The van der Waals surface area contributed by atoms with E-state index in [9.17, 15) is 14.0 Å². The molecule has 1 aliphatic rings. The van der Waals surface area contributed by atoms with Crippen molar-refractivity contribution in [1.29, 1.82) is 0 Å². The molecule has 2 amide bonds. The molecule has 1 N–H and O–H groups in total. The summed E-state index contributed by atoms with van der Waals surface area (Å²) in [4.78, 5) is 28.4. The Labute approximate surface area is 186 Å². The molecule has 32 heavy (non-hydrogen) atoms. The van der Waals surface area contributed by atoms with Crippen LogP contribution in [-0.4, -0.2) is 29.4 Å². The van der Waals surface area contributed by atoms with Crippen molar-refractivity contribution in [2.75, 3.05) is 7.11 Å². The molecule has 1 aliphatic heterocycles. The van der Waals surface area contributed by atoms with Gasteiger partial charge in [-0.25, -0.2) is 4.39 Å². The van der Waals surface area contributed by atoms with Crippen LogP contribution in [0.15, 0.2) is 72.8 Å². The molecule has 3 aromatic carbocycles. The van der Waals surface area contributed by atoms with Crippen LogP contribution in [0.5, 0.6) is 5.75 Å². The SMILES string of the molecule is COc1ccc(CNC(=O)C2(C)Cc3ccccc3C(=O)N2Cc2ccc(F)cc2)cc1. The van der Waals surface area contributed by atoms with Crippen molar-refractivity contribution in [2.45, 2.75) is 32.0 Å². The van der Waals surface area contributed by atoms with E-state index in [1.54, 1.807) is 37.1 Å². The normalized spacial score (nSPS) is 17.6. The van der Waals surface area contributed by atoms with Crippen LogP contribution in [0, 0.1) is 5.82 Å². The van der Waals surface area contributed by atoms with Gasteiger partial charge >= 0.3 is 0 Å². The quantitative estimate of drug-likeness (QED) is 0.638. The summed E-state index contributed by atoms with van der Waals surface area (Å²) in [6, 6.07) is 20.8. The Hall–Kier alpha value is -3.67. The first kappa shape index (κ1) is 21.6. The van der Waals surface area contributed by atoms with E-state index in [2.05, 4.69) is 5.32 Å². The van der Waals surface area contributed by atoms with Gasteiger partial charge in [-0.1, -0.05) is 42.5 Å². The summed E-state index contributed by atoms with van der Waals surface area (Å²) in [5.74, 6) is -0.0485. The van der Waals surface area contributed by atoms with Gasteiger partial charge in [0.15, 0.2) is 0 Å². The summed E-state index contributed by atoms with van der Waals surface area (Å²) >= 11 is 0. The number of fused-ring (bicyclic) bond motifs is 1. The molecule has 0 aliphatic carbocycles. The highest BCUT2D eigenvalue weighted by Crippen LogP contribution is 2.33. The maximum Gasteiger partial charge on any atom is 0.255 e. The molecular weight excluding hydrogens is 407 g/mol. The van der Waals surface area contributed by atoms with Gasteiger partial charge in [0.25, 0.3) is 5.91 Å². The minimum absolute atomic E-state index is 0.208. The molecule has 0 bridgehead atoms. The van der Waals surface area contributed by atoms with E-state index in [-0.39, 0.29) is 24.2 Å². The molecule has 0 radical (unpaired) electrons. The number of carbonyl (C=O) groups excluding carboxylic acids is 2. The van der Waals surface area contributed by atoms with Gasteiger partial charge in [-0.2, -0.15) is 0 Å². The number of rotatable bonds is 6. The smallest absolute Gasteiger partial charge is 0.255 e. The fourth-order valence-corrected chi connectivity index (χ4v) is 4.06. The third kappa shape index (κ3) is 4.21. The molecule has 0 fully saturated rings. The lowest BCUT2D eigenvalue weighted by molar-refractivity contribution is -0.132. The minimum atomic E-state index is -1.09. The zero-order chi connectivity index (χ0) is 22.7. The van der Waals surface area contributed by atoms with Crippen molar-refractivity contribution in [3.8, 4) is 5.75 Å². The van der Waals surface area contributed by atoms with Gasteiger partial charge in [0.1, 0.15) is 17.1 Å². The van der Waals surface area contributed by atoms with E-state index in [0.29, 0.717) is 18.5 Å². The molecule has 0 saturated carbocycles. The number of carbonyl (C=O) groups is 2. The van der Waals surface area contributed by atoms with Crippen LogP contribution in [0.25, 0.3) is 0 Å². The highest BCUT2D eigenvalue weighted by Gasteiger charge is 2.46. The number of methoxy groups -OCH3 is 1. The molecule has 4 rings (SSSR count). The van der Waals surface area contributed by atoms with Crippen molar-refractivity contribution >= 4 is 11.8 Å². The summed E-state index contributed by atoms with van der Waals surface area (Å²) in [7, 11) is 1.60. The Balaban J connectivity index is 1.61. The van der Waals surface area contributed by atoms with Gasteiger partial charge in [0.2, 0.25) is 5.91 Å². The average Bonchev–Trinajstić information content (AvgIpc) is 2.81. The lowest BCUT2D eigenvalue weighted by Crippen LogP contribution is -2.62. The molecular formula is C26H25FN2O3. The number of halogens is 1. The predicted octanol–water partition coefficient (Wildman–Crippen LogP) is 4.11. The van der Waals surface area contributed by atoms with Gasteiger partial charge in [-0.3, -0.25) is 9.59 Å². The molecule has 1 heterocycles. The Morgan fingerprint density at radius 3 is 2.38 bits per heavy atom. The number of benzene rings is 3. The standard InChI is InChI=1S/C26H25FN2O3/c1-26(25(31)28-16-18-9-13-22(32-2)14-10-18)15-20-5-3-4-6-23(20)24(30)29(26)17-19-7-11-21(27)12-8-19/h3-14H,15-17H2,1-2H3,(H,28,31). The summed E-state index contributed by atoms with van der Waals surface area (Å²) in [6.45, 7) is 2.33. The molecule has 3 aromatic rings. The third-order valence-electron chi connectivity index (χ3n) is 5.98. The topological polar surface area (TPSA) is 58.6 Å². The minimum Gasteiger partial charge on any atom is -0.497 e. The van der Waals surface area contributed by atoms with Crippen LogP contribution >= 0.6 is 0 Å². The summed E-state index contributed by atoms with van der Waals surface area (Å²) in [5, 5.41) is 2.99. The Bertz CT molecular complexity index is 1130. The first-order chi connectivity index (χ1) is 15.4. The Kier molecular flexibility index (Phi) is 5.95. The molecule has 0 spiro atoms. The van der Waals surface area contributed by atoms with Gasteiger partial charge in [-0.05, 0) is 53.9 Å². The zero-order valence-corrected chi connectivity index (χ0v) is 18.1. The van der Waals surface area contributed by atoms with Crippen LogP contribution in [0.2, 0.25) is 0 Å². The van der Waals surface area contributed by atoms with Crippen LogP contribution in [0.3, 0.4) is 0 Å². The highest BCUT2D eigenvalue weighted by atomic mass is 19.1. The first-order valence-corrected chi connectivity index (χ1v) is 10.5. The molecule has 1 atom stereocenters. The molecule has 164 valence electrons. The van der Waals surface area contributed by atoms with Crippen molar-refractivity contribution in [1.82, 2.24) is 10.2 Å². The van der Waals surface area contributed by atoms with Crippen molar-refractivity contribution in [2.24, 2.45) is 0 Å². The fraction of sp³-hybridized carbons (Fsp3) is 0.231. The monoisotopic (exact) mass is 432 g/mol. The maximum atomic E-state index is 13.4. The zero-order valence-electron chi connectivity index (χ0n) is 18.1. The van der Waals surface area contributed by atoms with Crippen LogP contribution in [0.4, 0.5) is 4.39 Å². The van der Waals surface area contributed by atoms with E-state index >= 15 is 0 Å².